The van der Waals surface area contributed by atoms with E-state index in [4.69, 9.17) is 20.7 Å². The number of amides is 1. The number of carbonyl (C=O) groups excluding carboxylic acids is 1. The number of hydrogen-bond acceptors (Lipinski definition) is 8. The lowest BCUT2D eigenvalue weighted by atomic mass is 10.1. The molecular weight excluding hydrogens is 338 g/mol. The third-order valence-electron chi connectivity index (χ3n) is 2.52. The first-order chi connectivity index (χ1) is 11.4. The molecule has 10 heteroatoms. The highest BCUT2D eigenvalue weighted by Crippen LogP contribution is 2.32. The van der Waals surface area contributed by atoms with E-state index in [1.54, 1.807) is 17.5 Å². The molecule has 0 aliphatic heterocycles. The van der Waals surface area contributed by atoms with E-state index < -0.39 is 11.9 Å². The minimum atomic E-state index is -1.58. The lowest BCUT2D eigenvalue weighted by Gasteiger charge is -2.04. The fourth-order valence-electron chi connectivity index (χ4n) is 1.45. The largest absolute Gasteiger partial charge is 0.504 e. The average Bonchev–Trinajstić information content (AvgIpc) is 3.03. The molecule has 0 spiro atoms. The van der Waals surface area contributed by atoms with E-state index in [0.29, 0.717) is 23.6 Å². The molecule has 2 rings (SSSR count). The molecule has 0 unspecified atom stereocenters. The van der Waals surface area contributed by atoms with Gasteiger partial charge in [0, 0.05) is 17.5 Å². The molecular formula is C14H17N3O6S. The van der Waals surface area contributed by atoms with Gasteiger partial charge in [-0.2, -0.15) is 0 Å². The second-order valence-electron chi connectivity index (χ2n) is 4.20. The van der Waals surface area contributed by atoms with Crippen molar-refractivity contribution in [3.05, 3.63) is 23.6 Å². The first kappa shape index (κ1) is 19.4. The van der Waals surface area contributed by atoms with Crippen molar-refractivity contribution < 1.29 is 29.6 Å². The molecule has 6 N–H and O–H groups in total. The predicted molar refractivity (Wildman–Crippen MR) is 88.2 cm³/mol. The highest BCUT2D eigenvalue weighted by Gasteiger charge is 2.14. The summed E-state index contributed by atoms with van der Waals surface area (Å²) >= 11 is 1.10. The summed E-state index contributed by atoms with van der Waals surface area (Å²) in [6.45, 7) is 0.472. The second kappa shape index (κ2) is 9.45. The number of aliphatic hydroxyl groups is 1. The average molecular weight is 355 g/mol. The monoisotopic (exact) mass is 355 g/mol. The summed E-state index contributed by atoms with van der Waals surface area (Å²) in [5, 5.41) is 29.7. The van der Waals surface area contributed by atoms with Gasteiger partial charge in [0.2, 0.25) is 0 Å². The summed E-state index contributed by atoms with van der Waals surface area (Å²) in [7, 11) is 1.43. The van der Waals surface area contributed by atoms with Crippen LogP contribution in [0.15, 0.2) is 23.6 Å². The number of hydrogen-bond donors (Lipinski definition) is 5. The fraction of sp³-hybridized carbons (Fsp3) is 0.214. The second-order valence-corrected chi connectivity index (χ2v) is 5.05. The van der Waals surface area contributed by atoms with Gasteiger partial charge in [-0.25, -0.2) is 9.78 Å². The minimum Gasteiger partial charge on any atom is -0.504 e. The van der Waals surface area contributed by atoms with Crippen LogP contribution in [0.25, 0.3) is 11.3 Å². The van der Waals surface area contributed by atoms with E-state index in [2.05, 4.69) is 10.3 Å². The summed E-state index contributed by atoms with van der Waals surface area (Å²) in [4.78, 5) is 25.5. The number of rotatable bonds is 4. The summed E-state index contributed by atoms with van der Waals surface area (Å²) in [5.74, 6) is -2.42. The predicted octanol–water partition coefficient (Wildman–Crippen LogP) is 0.485. The van der Waals surface area contributed by atoms with Crippen LogP contribution in [0.5, 0.6) is 11.5 Å². The van der Waals surface area contributed by atoms with E-state index in [1.807, 2.05) is 0 Å². The standard InChI is InChI=1S/C12H10N2O5S.C2H7NO/c1-19-9-4-6(2-3-8(9)15)7-5-20-12(13-7)14-10(16)11(17)18;3-1-2-4/h2-5,15H,1H3,(H,17,18)(H,13,14,16);4H,1-3H2. The number of aromatic nitrogens is 1. The normalized spacial score (nSPS) is 9.62. The number of thiazole rings is 1. The zero-order valence-electron chi connectivity index (χ0n) is 12.7. The van der Waals surface area contributed by atoms with Crippen molar-refractivity contribution in [2.45, 2.75) is 0 Å². The Balaban J connectivity index is 0.000000648. The number of phenols is 1. The lowest BCUT2D eigenvalue weighted by Crippen LogP contribution is -2.21. The third-order valence-corrected chi connectivity index (χ3v) is 3.28. The van der Waals surface area contributed by atoms with Gasteiger partial charge in [0.05, 0.1) is 19.4 Å². The van der Waals surface area contributed by atoms with E-state index in [9.17, 15) is 14.7 Å². The first-order valence-corrected chi connectivity index (χ1v) is 7.49. The topological polar surface area (TPSA) is 155 Å². The number of benzene rings is 1. The van der Waals surface area contributed by atoms with Crippen LogP contribution in [0.4, 0.5) is 5.13 Å². The van der Waals surface area contributed by atoms with Crippen LogP contribution in [-0.4, -0.2) is 52.4 Å². The van der Waals surface area contributed by atoms with Gasteiger partial charge in [-0.15, -0.1) is 11.3 Å². The Kier molecular flexibility index (Phi) is 7.62. The molecule has 130 valence electrons. The van der Waals surface area contributed by atoms with Gasteiger partial charge >= 0.3 is 11.9 Å². The van der Waals surface area contributed by atoms with Crippen LogP contribution in [0.3, 0.4) is 0 Å². The Morgan fingerprint density at radius 2 is 2.08 bits per heavy atom. The number of carbonyl (C=O) groups is 2. The molecule has 24 heavy (non-hydrogen) atoms. The zero-order valence-corrected chi connectivity index (χ0v) is 13.5. The Labute approximate surface area is 141 Å². The Bertz CT molecular complexity index is 702. The molecule has 0 aliphatic rings. The van der Waals surface area contributed by atoms with Crippen molar-refractivity contribution in [3.8, 4) is 22.8 Å². The number of ether oxygens (including phenoxy) is 1. The van der Waals surface area contributed by atoms with E-state index >= 15 is 0 Å². The van der Waals surface area contributed by atoms with Gasteiger partial charge in [0.25, 0.3) is 0 Å². The number of methoxy groups -OCH3 is 1. The van der Waals surface area contributed by atoms with Crippen LogP contribution in [-0.2, 0) is 9.59 Å². The number of phenolic OH excluding ortho intramolecular Hbond substituents is 1. The molecule has 2 aromatic rings. The highest BCUT2D eigenvalue weighted by molar-refractivity contribution is 7.14. The SMILES string of the molecule is COc1cc(-c2csc(NC(=O)C(=O)O)n2)ccc1O.NCCO. The summed E-state index contributed by atoms with van der Waals surface area (Å²) in [6.07, 6.45) is 0. The first-order valence-electron chi connectivity index (χ1n) is 6.61. The van der Waals surface area contributed by atoms with Crippen LogP contribution >= 0.6 is 11.3 Å². The van der Waals surface area contributed by atoms with Crippen molar-refractivity contribution in [2.75, 3.05) is 25.6 Å². The summed E-state index contributed by atoms with van der Waals surface area (Å²) in [6, 6.07) is 4.69. The quantitative estimate of drug-likeness (QED) is 0.496. The Morgan fingerprint density at radius 1 is 1.42 bits per heavy atom. The highest BCUT2D eigenvalue weighted by atomic mass is 32.1. The molecule has 0 saturated heterocycles. The number of aromatic hydroxyl groups is 1. The number of carboxylic acid groups (broad SMARTS) is 1. The fourth-order valence-corrected chi connectivity index (χ4v) is 2.17. The minimum absolute atomic E-state index is 0.00545. The maximum atomic E-state index is 11.0. The number of nitrogens with one attached hydrogen (secondary N) is 1. The van der Waals surface area contributed by atoms with Gasteiger partial charge in [-0.3, -0.25) is 10.1 Å². The number of aliphatic hydroxyl groups excluding tert-OH is 1. The van der Waals surface area contributed by atoms with Crippen LogP contribution in [0.1, 0.15) is 0 Å². The molecule has 1 amide bonds. The summed E-state index contributed by atoms with van der Waals surface area (Å²) in [5.41, 5.74) is 5.99. The Hall–Kier alpha value is -2.69. The molecule has 0 aliphatic carbocycles. The molecule has 1 aromatic heterocycles. The lowest BCUT2D eigenvalue weighted by molar-refractivity contribution is -0.147. The van der Waals surface area contributed by atoms with E-state index in [-0.39, 0.29) is 17.5 Å². The Morgan fingerprint density at radius 3 is 2.62 bits per heavy atom. The number of nitrogens with two attached hydrogens (primary N) is 1. The van der Waals surface area contributed by atoms with Crippen LogP contribution in [0.2, 0.25) is 0 Å². The molecule has 1 aromatic carbocycles. The number of aliphatic carboxylic acids is 1. The molecule has 0 bridgehead atoms. The molecule has 0 atom stereocenters. The maximum absolute atomic E-state index is 11.0. The van der Waals surface area contributed by atoms with Gasteiger partial charge in [0.15, 0.2) is 16.6 Å². The molecule has 0 saturated carbocycles. The maximum Gasteiger partial charge on any atom is 0.394 e. The van der Waals surface area contributed by atoms with Crippen molar-refractivity contribution in [3.63, 3.8) is 0 Å². The molecule has 0 radical (unpaired) electrons. The molecule has 0 fully saturated rings. The van der Waals surface area contributed by atoms with Gasteiger partial charge < -0.3 is 25.8 Å². The van der Waals surface area contributed by atoms with E-state index in [0.717, 1.165) is 11.3 Å². The summed E-state index contributed by atoms with van der Waals surface area (Å²) < 4.78 is 4.99. The van der Waals surface area contributed by atoms with Gasteiger partial charge in [-0.1, -0.05) is 0 Å². The third kappa shape index (κ3) is 5.50. The zero-order chi connectivity index (χ0) is 18.1. The van der Waals surface area contributed by atoms with Gasteiger partial charge in [0.1, 0.15) is 0 Å². The molecule has 9 nitrogen and oxygen atoms in total. The van der Waals surface area contributed by atoms with Crippen molar-refractivity contribution in [1.29, 1.82) is 0 Å². The number of nitrogens with zero attached hydrogens (tertiary/aromatic N) is 1. The van der Waals surface area contributed by atoms with Crippen LogP contribution < -0.4 is 15.8 Å². The van der Waals surface area contributed by atoms with Crippen LogP contribution in [0, 0.1) is 0 Å². The van der Waals surface area contributed by atoms with Crippen molar-refractivity contribution in [1.82, 2.24) is 4.98 Å². The molecule has 1 heterocycles. The van der Waals surface area contributed by atoms with Crippen molar-refractivity contribution in [2.24, 2.45) is 5.73 Å². The van der Waals surface area contributed by atoms with E-state index in [1.165, 1.54) is 13.2 Å². The smallest absolute Gasteiger partial charge is 0.394 e. The number of carboxylic acids is 1. The van der Waals surface area contributed by atoms with Crippen molar-refractivity contribution >= 4 is 28.3 Å². The number of anilines is 1. The van der Waals surface area contributed by atoms with Gasteiger partial charge in [-0.05, 0) is 18.2 Å².